The fraction of sp³-hybridized carbons (Fsp3) is 0.321. The summed E-state index contributed by atoms with van der Waals surface area (Å²) in [5.41, 5.74) is 5.17. The standard InChI is InChI=1S/C28H29FN4O2/c1-17-12-20(8-11-22(17)26(34)13-18-4-5-18)25-15-30-27-24(31-16-28(2,3)35)14-23(32-33(25)27)19-6-9-21(29)10-7-19/h6-12,14-15,18,31,35H,4-5,13,16H2,1-3H3. The molecule has 2 heterocycles. The number of hydrogen-bond acceptors (Lipinski definition) is 5. The number of hydrogen-bond donors (Lipinski definition) is 2. The van der Waals surface area contributed by atoms with E-state index in [2.05, 4.69) is 10.3 Å². The first-order chi connectivity index (χ1) is 16.7. The van der Waals surface area contributed by atoms with E-state index in [9.17, 15) is 14.3 Å². The van der Waals surface area contributed by atoms with Gasteiger partial charge in [0.15, 0.2) is 11.4 Å². The van der Waals surface area contributed by atoms with Crippen LogP contribution in [0.25, 0.3) is 28.2 Å². The molecule has 180 valence electrons. The molecule has 2 aromatic heterocycles. The molecule has 35 heavy (non-hydrogen) atoms. The minimum absolute atomic E-state index is 0.199. The lowest BCUT2D eigenvalue weighted by atomic mass is 9.98. The van der Waals surface area contributed by atoms with Crippen LogP contribution >= 0.6 is 0 Å². The van der Waals surface area contributed by atoms with Crippen molar-refractivity contribution in [3.63, 3.8) is 0 Å². The third kappa shape index (κ3) is 5.10. The normalized spacial score (nSPS) is 13.9. The molecule has 0 saturated heterocycles. The van der Waals surface area contributed by atoms with Crippen molar-refractivity contribution in [2.24, 2.45) is 5.92 Å². The minimum Gasteiger partial charge on any atom is -0.389 e. The average molecular weight is 473 g/mol. The topological polar surface area (TPSA) is 79.5 Å². The largest absolute Gasteiger partial charge is 0.389 e. The summed E-state index contributed by atoms with van der Waals surface area (Å²) in [6.45, 7) is 5.73. The van der Waals surface area contributed by atoms with Crippen molar-refractivity contribution in [1.29, 1.82) is 0 Å². The molecule has 6 nitrogen and oxygen atoms in total. The number of nitrogens with one attached hydrogen (secondary N) is 1. The highest BCUT2D eigenvalue weighted by Gasteiger charge is 2.25. The lowest BCUT2D eigenvalue weighted by Crippen LogP contribution is -2.29. The third-order valence-electron chi connectivity index (χ3n) is 6.31. The predicted molar refractivity (Wildman–Crippen MR) is 135 cm³/mol. The lowest BCUT2D eigenvalue weighted by Gasteiger charge is -2.19. The first-order valence-electron chi connectivity index (χ1n) is 11.9. The Morgan fingerprint density at radius 3 is 2.51 bits per heavy atom. The summed E-state index contributed by atoms with van der Waals surface area (Å²) >= 11 is 0. The number of rotatable bonds is 8. The van der Waals surface area contributed by atoms with Crippen molar-refractivity contribution in [2.45, 2.75) is 45.6 Å². The van der Waals surface area contributed by atoms with E-state index >= 15 is 0 Å². The third-order valence-corrected chi connectivity index (χ3v) is 6.31. The van der Waals surface area contributed by atoms with Gasteiger partial charge in [-0.15, -0.1) is 0 Å². The van der Waals surface area contributed by atoms with Gasteiger partial charge in [-0.3, -0.25) is 4.79 Å². The Hall–Kier alpha value is -3.58. The second-order valence-electron chi connectivity index (χ2n) is 10.1. The maximum Gasteiger partial charge on any atom is 0.177 e. The molecule has 7 heteroatoms. The van der Waals surface area contributed by atoms with Gasteiger partial charge in [0, 0.05) is 29.7 Å². The van der Waals surface area contributed by atoms with E-state index in [-0.39, 0.29) is 11.6 Å². The molecule has 2 aromatic carbocycles. The highest BCUT2D eigenvalue weighted by molar-refractivity contribution is 5.98. The Labute approximate surface area is 203 Å². The maximum atomic E-state index is 13.5. The van der Waals surface area contributed by atoms with Crippen molar-refractivity contribution in [3.8, 4) is 22.5 Å². The molecule has 2 N–H and O–H groups in total. The molecule has 0 bridgehead atoms. The van der Waals surface area contributed by atoms with Crippen molar-refractivity contribution < 1.29 is 14.3 Å². The van der Waals surface area contributed by atoms with Gasteiger partial charge in [-0.2, -0.15) is 5.10 Å². The summed E-state index contributed by atoms with van der Waals surface area (Å²) in [6, 6.07) is 13.9. The molecule has 1 aliphatic rings. The molecule has 0 unspecified atom stereocenters. The summed E-state index contributed by atoms with van der Waals surface area (Å²) < 4.78 is 15.3. The number of fused-ring (bicyclic) bond motifs is 1. The van der Waals surface area contributed by atoms with Gasteiger partial charge in [-0.25, -0.2) is 13.9 Å². The summed E-state index contributed by atoms with van der Waals surface area (Å²) in [6.07, 6.45) is 4.67. The van der Waals surface area contributed by atoms with Gasteiger partial charge >= 0.3 is 0 Å². The number of halogens is 1. The van der Waals surface area contributed by atoms with Crippen LogP contribution in [0.3, 0.4) is 0 Å². The Balaban J connectivity index is 1.58. The highest BCUT2D eigenvalue weighted by atomic mass is 19.1. The lowest BCUT2D eigenvalue weighted by molar-refractivity contribution is 0.0944. The molecule has 0 amide bonds. The maximum absolute atomic E-state index is 13.5. The van der Waals surface area contributed by atoms with Gasteiger partial charge in [0.25, 0.3) is 0 Å². The van der Waals surface area contributed by atoms with E-state index in [0.717, 1.165) is 40.8 Å². The molecule has 4 aromatic rings. The number of carbonyl (C=O) groups is 1. The van der Waals surface area contributed by atoms with E-state index in [4.69, 9.17) is 5.10 Å². The fourth-order valence-electron chi connectivity index (χ4n) is 4.20. The fourth-order valence-corrected chi connectivity index (χ4v) is 4.20. The van der Waals surface area contributed by atoms with Gasteiger partial charge in [-0.1, -0.05) is 12.1 Å². The van der Waals surface area contributed by atoms with E-state index < -0.39 is 5.60 Å². The van der Waals surface area contributed by atoms with Crippen molar-refractivity contribution >= 4 is 17.1 Å². The number of aromatic nitrogens is 3. The van der Waals surface area contributed by atoms with Gasteiger partial charge in [-0.05, 0) is 81.5 Å². The van der Waals surface area contributed by atoms with Crippen LogP contribution in [0.15, 0.2) is 54.7 Å². The van der Waals surface area contributed by atoms with Gasteiger partial charge in [0.1, 0.15) is 5.82 Å². The van der Waals surface area contributed by atoms with Crippen LogP contribution in [-0.4, -0.2) is 37.6 Å². The van der Waals surface area contributed by atoms with Crippen LogP contribution in [0.1, 0.15) is 49.0 Å². The first-order valence-corrected chi connectivity index (χ1v) is 11.9. The van der Waals surface area contributed by atoms with Crippen LogP contribution in [0, 0.1) is 18.7 Å². The number of ketones is 1. The second-order valence-corrected chi connectivity index (χ2v) is 10.1. The number of nitrogens with zero attached hydrogens (tertiary/aromatic N) is 3. The number of imidazole rings is 1. The molecule has 1 saturated carbocycles. The molecule has 0 aliphatic heterocycles. The molecule has 1 fully saturated rings. The number of aryl methyl sites for hydroxylation is 1. The summed E-state index contributed by atoms with van der Waals surface area (Å²) in [7, 11) is 0. The van der Waals surface area contributed by atoms with Crippen LogP contribution in [0.4, 0.5) is 10.1 Å². The number of anilines is 1. The number of carbonyl (C=O) groups excluding carboxylic acids is 1. The molecule has 0 spiro atoms. The molecule has 5 rings (SSSR count). The van der Waals surface area contributed by atoms with Crippen LogP contribution in [0.2, 0.25) is 0 Å². The smallest absolute Gasteiger partial charge is 0.177 e. The van der Waals surface area contributed by atoms with Crippen molar-refractivity contribution in [2.75, 3.05) is 11.9 Å². The molecule has 1 aliphatic carbocycles. The molecule has 0 atom stereocenters. The molecular formula is C28H29FN4O2. The Kier molecular flexibility index (Phi) is 5.89. The van der Waals surface area contributed by atoms with Gasteiger partial charge in [0.05, 0.1) is 28.9 Å². The van der Waals surface area contributed by atoms with Crippen LogP contribution in [0.5, 0.6) is 0 Å². The zero-order valence-corrected chi connectivity index (χ0v) is 20.2. The minimum atomic E-state index is -0.925. The van der Waals surface area contributed by atoms with Crippen molar-refractivity contribution in [1.82, 2.24) is 14.6 Å². The number of aliphatic hydroxyl groups is 1. The Morgan fingerprint density at radius 1 is 1.14 bits per heavy atom. The van der Waals surface area contributed by atoms with Gasteiger partial charge < -0.3 is 10.4 Å². The summed E-state index contributed by atoms with van der Waals surface area (Å²) in [4.78, 5) is 17.3. The number of Topliss-reactive ketones (excluding diaryl/α,β-unsaturated/α-hetero) is 1. The van der Waals surface area contributed by atoms with E-state index in [1.807, 2.05) is 31.2 Å². The predicted octanol–water partition coefficient (Wildman–Crippen LogP) is 5.68. The second kappa shape index (κ2) is 8.89. The SMILES string of the molecule is Cc1cc(-c2cnc3c(NCC(C)(C)O)cc(-c4ccc(F)cc4)nn23)ccc1C(=O)CC1CC1. The van der Waals surface area contributed by atoms with Crippen LogP contribution in [-0.2, 0) is 0 Å². The monoisotopic (exact) mass is 472 g/mol. The summed E-state index contributed by atoms with van der Waals surface area (Å²) in [5, 5.41) is 18.3. The van der Waals surface area contributed by atoms with Crippen LogP contribution < -0.4 is 5.32 Å². The molecular weight excluding hydrogens is 443 g/mol. The first kappa shape index (κ1) is 23.2. The quantitative estimate of drug-likeness (QED) is 0.323. The zero-order chi connectivity index (χ0) is 24.7. The summed E-state index contributed by atoms with van der Waals surface area (Å²) in [5.74, 6) is 0.430. The van der Waals surface area contributed by atoms with E-state index in [0.29, 0.717) is 35.9 Å². The molecule has 0 radical (unpaired) electrons. The average Bonchev–Trinajstić information content (AvgIpc) is 3.52. The Bertz CT molecular complexity index is 1400. The van der Waals surface area contributed by atoms with E-state index in [1.54, 1.807) is 36.7 Å². The van der Waals surface area contributed by atoms with Gasteiger partial charge in [0.2, 0.25) is 0 Å². The highest BCUT2D eigenvalue weighted by Crippen LogP contribution is 2.34. The number of benzene rings is 2. The Morgan fingerprint density at radius 2 is 1.86 bits per heavy atom. The van der Waals surface area contributed by atoms with Crippen molar-refractivity contribution in [3.05, 3.63) is 71.7 Å². The van der Waals surface area contributed by atoms with E-state index in [1.165, 1.54) is 12.1 Å². The zero-order valence-electron chi connectivity index (χ0n) is 20.2.